The van der Waals surface area contributed by atoms with Gasteiger partial charge in [-0.3, -0.25) is 4.79 Å². The highest BCUT2D eigenvalue weighted by Crippen LogP contribution is 2.29. The first-order valence-electron chi connectivity index (χ1n) is 9.34. The number of rotatable bonds is 4. The smallest absolute Gasteiger partial charge is 0.453 e. The van der Waals surface area contributed by atoms with Gasteiger partial charge < -0.3 is 15.0 Å². The third kappa shape index (κ3) is 4.00. The number of carbonyl (C=O) groups excluding carboxylic acids is 1. The minimum atomic E-state index is -4.66. The van der Waals surface area contributed by atoms with Crippen molar-refractivity contribution in [2.75, 3.05) is 30.4 Å². The lowest BCUT2D eigenvalue weighted by Gasteiger charge is -2.32. The molecule has 2 aromatic heterocycles. The van der Waals surface area contributed by atoms with E-state index in [1.54, 1.807) is 42.3 Å². The molecular formula is C19H19F3N6O2. The van der Waals surface area contributed by atoms with Crippen LogP contribution in [0.2, 0.25) is 0 Å². The number of piperidine rings is 1. The second-order valence-corrected chi connectivity index (χ2v) is 6.99. The Morgan fingerprint density at radius 3 is 2.63 bits per heavy atom. The highest BCUT2D eigenvalue weighted by Gasteiger charge is 2.38. The number of halogens is 3. The molecule has 30 heavy (non-hydrogen) atoms. The molecule has 0 aliphatic carbocycles. The number of hydrogen-bond donors (Lipinski definition) is 1. The number of alkyl halides is 3. The summed E-state index contributed by atoms with van der Waals surface area (Å²) in [5.74, 6) is -0.613. The molecule has 1 atom stereocenters. The van der Waals surface area contributed by atoms with E-state index in [4.69, 9.17) is 4.74 Å². The summed E-state index contributed by atoms with van der Waals surface area (Å²) in [4.78, 5) is 14.5. The quantitative estimate of drug-likeness (QED) is 0.699. The molecule has 1 aliphatic rings. The molecule has 1 aromatic carbocycles. The van der Waals surface area contributed by atoms with E-state index in [2.05, 4.69) is 20.6 Å². The standard InChI is InChI=1S/C19H19F3N6O2/c1-30-14-6-4-13(5-7-14)23-17(29)12-3-2-10-27(11-12)16-9-8-15-24-25-18(19(20,21)22)28(15)26-16/h4-9,12H,2-3,10-11H2,1H3,(H,23,29)/t12-/m0/s1. The number of amides is 1. The van der Waals surface area contributed by atoms with E-state index >= 15 is 0 Å². The average molecular weight is 420 g/mol. The first kappa shape index (κ1) is 19.9. The highest BCUT2D eigenvalue weighted by atomic mass is 19.4. The van der Waals surface area contributed by atoms with Crippen molar-refractivity contribution in [3.8, 4) is 5.75 Å². The Balaban J connectivity index is 1.50. The van der Waals surface area contributed by atoms with Gasteiger partial charge in [0.15, 0.2) is 5.65 Å². The van der Waals surface area contributed by atoms with E-state index in [1.807, 2.05) is 0 Å². The summed E-state index contributed by atoms with van der Waals surface area (Å²) >= 11 is 0. The molecule has 0 saturated carbocycles. The van der Waals surface area contributed by atoms with Gasteiger partial charge in [-0.15, -0.1) is 15.3 Å². The molecule has 1 amide bonds. The topological polar surface area (TPSA) is 84.6 Å². The van der Waals surface area contributed by atoms with Crippen LogP contribution in [-0.2, 0) is 11.0 Å². The lowest BCUT2D eigenvalue weighted by Crippen LogP contribution is -2.41. The average Bonchev–Trinajstić information content (AvgIpc) is 3.18. The molecule has 1 saturated heterocycles. The fourth-order valence-corrected chi connectivity index (χ4v) is 3.44. The zero-order valence-corrected chi connectivity index (χ0v) is 16.1. The minimum absolute atomic E-state index is 0.0110. The van der Waals surface area contributed by atoms with Gasteiger partial charge in [0, 0.05) is 18.8 Å². The van der Waals surface area contributed by atoms with Crippen molar-refractivity contribution in [1.82, 2.24) is 19.8 Å². The summed E-state index contributed by atoms with van der Waals surface area (Å²) < 4.78 is 45.1. The number of methoxy groups -OCH3 is 1. The molecule has 0 spiro atoms. The van der Waals surface area contributed by atoms with Gasteiger partial charge in [-0.25, -0.2) is 0 Å². The molecule has 1 fully saturated rings. The van der Waals surface area contributed by atoms with Crippen molar-refractivity contribution in [1.29, 1.82) is 0 Å². The lowest BCUT2D eigenvalue weighted by atomic mass is 9.97. The maximum atomic E-state index is 13.1. The van der Waals surface area contributed by atoms with Crippen LogP contribution in [0.1, 0.15) is 18.7 Å². The predicted octanol–water partition coefficient (Wildman–Crippen LogP) is 3.01. The van der Waals surface area contributed by atoms with Crippen molar-refractivity contribution in [3.63, 3.8) is 0 Å². The summed E-state index contributed by atoms with van der Waals surface area (Å²) in [6.07, 6.45) is -3.26. The largest absolute Gasteiger partial charge is 0.497 e. The summed E-state index contributed by atoms with van der Waals surface area (Å²) in [5.41, 5.74) is 0.661. The van der Waals surface area contributed by atoms with E-state index in [-0.39, 0.29) is 17.5 Å². The number of hydrogen-bond acceptors (Lipinski definition) is 6. The third-order valence-corrected chi connectivity index (χ3v) is 4.98. The number of ether oxygens (including phenoxy) is 1. The van der Waals surface area contributed by atoms with Crippen molar-refractivity contribution in [3.05, 3.63) is 42.2 Å². The van der Waals surface area contributed by atoms with Gasteiger partial charge in [-0.05, 0) is 49.2 Å². The Kier molecular flexibility index (Phi) is 5.18. The van der Waals surface area contributed by atoms with Gasteiger partial charge in [-0.1, -0.05) is 0 Å². The molecule has 3 heterocycles. The Morgan fingerprint density at radius 2 is 1.93 bits per heavy atom. The van der Waals surface area contributed by atoms with E-state index in [1.165, 1.54) is 6.07 Å². The molecule has 1 aliphatic heterocycles. The number of nitrogens with one attached hydrogen (secondary N) is 1. The van der Waals surface area contributed by atoms with Crippen molar-refractivity contribution in [2.24, 2.45) is 5.92 Å². The molecule has 0 unspecified atom stereocenters. The van der Waals surface area contributed by atoms with Crippen LogP contribution in [0.3, 0.4) is 0 Å². The fraction of sp³-hybridized carbons (Fsp3) is 0.368. The highest BCUT2D eigenvalue weighted by molar-refractivity contribution is 5.93. The Hall–Kier alpha value is -3.37. The lowest BCUT2D eigenvalue weighted by molar-refractivity contribution is -0.146. The normalized spacial score (nSPS) is 17.2. The van der Waals surface area contributed by atoms with Gasteiger partial charge in [0.1, 0.15) is 11.6 Å². The SMILES string of the molecule is COc1ccc(NC(=O)[C@H]2CCCN(c3ccc4nnc(C(F)(F)F)n4n3)C2)cc1. The second-order valence-electron chi connectivity index (χ2n) is 6.99. The van der Waals surface area contributed by atoms with Gasteiger partial charge in [0.2, 0.25) is 5.91 Å². The summed E-state index contributed by atoms with van der Waals surface area (Å²) in [6.45, 7) is 0.943. The van der Waals surface area contributed by atoms with Crippen molar-refractivity contribution >= 4 is 23.1 Å². The number of aromatic nitrogens is 4. The molecular weight excluding hydrogens is 401 g/mol. The number of fused-ring (bicyclic) bond motifs is 1. The van der Waals surface area contributed by atoms with Crippen molar-refractivity contribution < 1.29 is 22.7 Å². The third-order valence-electron chi connectivity index (χ3n) is 4.98. The van der Waals surface area contributed by atoms with E-state index in [0.717, 1.165) is 0 Å². The maximum absolute atomic E-state index is 13.1. The van der Waals surface area contributed by atoms with Crippen LogP contribution >= 0.6 is 0 Å². The molecule has 11 heteroatoms. The molecule has 158 valence electrons. The van der Waals surface area contributed by atoms with E-state index in [9.17, 15) is 18.0 Å². The van der Waals surface area contributed by atoms with Crippen LogP contribution in [0.15, 0.2) is 36.4 Å². The molecule has 8 nitrogen and oxygen atoms in total. The van der Waals surface area contributed by atoms with Gasteiger partial charge in [0.05, 0.1) is 13.0 Å². The first-order valence-corrected chi connectivity index (χ1v) is 9.34. The molecule has 3 aromatic rings. The van der Waals surface area contributed by atoms with Crippen LogP contribution < -0.4 is 15.0 Å². The van der Waals surface area contributed by atoms with Crippen molar-refractivity contribution in [2.45, 2.75) is 19.0 Å². The van der Waals surface area contributed by atoms with Crippen LogP contribution in [0, 0.1) is 5.92 Å². The Labute approximate surface area is 169 Å². The number of anilines is 2. The number of nitrogens with zero attached hydrogens (tertiary/aromatic N) is 5. The zero-order chi connectivity index (χ0) is 21.3. The van der Waals surface area contributed by atoms with Gasteiger partial charge in [0.25, 0.3) is 5.82 Å². The molecule has 4 rings (SSSR count). The van der Waals surface area contributed by atoms with Gasteiger partial charge in [-0.2, -0.15) is 17.7 Å². The van der Waals surface area contributed by atoms with Crippen LogP contribution in [0.4, 0.5) is 24.7 Å². The number of carbonyl (C=O) groups is 1. The number of benzene rings is 1. The van der Waals surface area contributed by atoms with E-state index in [0.29, 0.717) is 47.7 Å². The second kappa shape index (κ2) is 7.81. The summed E-state index contributed by atoms with van der Waals surface area (Å²) in [6, 6.07) is 10.0. The maximum Gasteiger partial charge on any atom is 0.453 e. The Morgan fingerprint density at radius 1 is 1.17 bits per heavy atom. The summed E-state index contributed by atoms with van der Waals surface area (Å²) in [5, 5.41) is 13.6. The molecule has 1 N–H and O–H groups in total. The zero-order valence-electron chi connectivity index (χ0n) is 16.1. The predicted molar refractivity (Wildman–Crippen MR) is 102 cm³/mol. The van der Waals surface area contributed by atoms with Crippen LogP contribution in [0.25, 0.3) is 5.65 Å². The van der Waals surface area contributed by atoms with Crippen LogP contribution in [-0.4, -0.2) is 45.9 Å². The first-order chi connectivity index (χ1) is 14.3. The van der Waals surface area contributed by atoms with Gasteiger partial charge >= 0.3 is 6.18 Å². The molecule has 0 radical (unpaired) electrons. The molecule has 0 bridgehead atoms. The Bertz CT molecular complexity index is 1050. The van der Waals surface area contributed by atoms with E-state index < -0.39 is 12.0 Å². The monoisotopic (exact) mass is 420 g/mol. The summed E-state index contributed by atoms with van der Waals surface area (Å²) in [7, 11) is 1.56. The van der Waals surface area contributed by atoms with Crippen LogP contribution in [0.5, 0.6) is 5.75 Å². The fourth-order valence-electron chi connectivity index (χ4n) is 3.44. The minimum Gasteiger partial charge on any atom is -0.497 e.